The fourth-order valence-corrected chi connectivity index (χ4v) is 3.29. The van der Waals surface area contributed by atoms with E-state index in [0.29, 0.717) is 9.76 Å². The van der Waals surface area contributed by atoms with Gasteiger partial charge in [0.15, 0.2) is 11.5 Å². The topological polar surface area (TPSA) is 30.9 Å². The van der Waals surface area contributed by atoms with E-state index in [1.807, 2.05) is 18.2 Å². The van der Waals surface area contributed by atoms with Crippen molar-refractivity contribution in [2.24, 2.45) is 0 Å². The number of nitrogens with zero attached hydrogens (tertiary/aromatic N) is 1. The molecule has 1 aliphatic heterocycles. The predicted octanol–water partition coefficient (Wildman–Crippen LogP) is 1.45. The van der Waals surface area contributed by atoms with Crippen molar-refractivity contribution < 1.29 is 13.9 Å². The molecule has 0 saturated carbocycles. The molecule has 1 aromatic carbocycles. The summed E-state index contributed by atoms with van der Waals surface area (Å²) in [4.78, 5) is 2.48. The molecule has 20 heavy (non-hydrogen) atoms. The summed E-state index contributed by atoms with van der Waals surface area (Å²) in [6.45, 7) is 4.24. The molecule has 1 saturated heterocycles. The summed E-state index contributed by atoms with van der Waals surface area (Å²) in [5, 5.41) is 1.06. The number of benzene rings is 1. The predicted molar refractivity (Wildman–Crippen MR) is 81.2 cm³/mol. The monoisotopic (exact) mass is 293 g/mol. The van der Waals surface area contributed by atoms with Crippen molar-refractivity contribution in [1.82, 2.24) is 4.90 Å². The average Bonchev–Trinajstić information content (AvgIpc) is 2.52. The number of likely N-dealkylation sites (tertiary alicyclic amines) is 1. The van der Waals surface area contributed by atoms with Gasteiger partial charge in [-0.2, -0.15) is 0 Å². The lowest BCUT2D eigenvalue weighted by Gasteiger charge is -2.26. The minimum atomic E-state index is 0.299. The lowest BCUT2D eigenvalue weighted by atomic mass is 10.1. The van der Waals surface area contributed by atoms with Crippen LogP contribution in [0.25, 0.3) is 0 Å². The Bertz CT molecular complexity index is 408. The molecule has 0 spiro atoms. The zero-order valence-electron chi connectivity index (χ0n) is 12.4. The number of rotatable bonds is 7. The molecule has 110 valence electrons. The highest BCUT2D eigenvalue weighted by molar-refractivity contribution is 6.48. The van der Waals surface area contributed by atoms with Crippen LogP contribution in [0, 0.1) is 0 Å². The SMILES string of the molecule is COc1cccc([Si]OCCN2CCCCC2)c1OC. The molecule has 0 aliphatic carbocycles. The zero-order valence-corrected chi connectivity index (χ0v) is 13.4. The van der Waals surface area contributed by atoms with E-state index < -0.39 is 0 Å². The van der Waals surface area contributed by atoms with Crippen molar-refractivity contribution >= 4 is 14.9 Å². The summed E-state index contributed by atoms with van der Waals surface area (Å²) < 4.78 is 16.5. The van der Waals surface area contributed by atoms with Crippen LogP contribution in [-0.4, -0.2) is 55.1 Å². The molecule has 0 amide bonds. The van der Waals surface area contributed by atoms with E-state index in [9.17, 15) is 0 Å². The largest absolute Gasteiger partial charge is 0.493 e. The summed E-state index contributed by atoms with van der Waals surface area (Å²) in [6, 6.07) is 5.90. The number of piperidine rings is 1. The molecule has 1 aromatic rings. The van der Waals surface area contributed by atoms with E-state index in [2.05, 4.69) is 4.90 Å². The van der Waals surface area contributed by atoms with Crippen LogP contribution in [0.4, 0.5) is 0 Å². The molecule has 1 fully saturated rings. The second-order valence-corrected chi connectivity index (χ2v) is 5.93. The highest BCUT2D eigenvalue weighted by Gasteiger charge is 2.12. The smallest absolute Gasteiger partial charge is 0.272 e. The first-order chi connectivity index (χ1) is 9.85. The van der Waals surface area contributed by atoms with Crippen molar-refractivity contribution in [1.29, 1.82) is 0 Å². The number of hydrogen-bond donors (Lipinski definition) is 0. The van der Waals surface area contributed by atoms with Crippen LogP contribution in [0.2, 0.25) is 0 Å². The van der Waals surface area contributed by atoms with Crippen molar-refractivity contribution in [3.8, 4) is 11.5 Å². The number of hydrogen-bond acceptors (Lipinski definition) is 4. The summed E-state index contributed by atoms with van der Waals surface area (Å²) in [5.41, 5.74) is 0. The van der Waals surface area contributed by atoms with Gasteiger partial charge in [-0.25, -0.2) is 0 Å². The van der Waals surface area contributed by atoms with Gasteiger partial charge in [-0.3, -0.25) is 0 Å². The molecule has 1 heterocycles. The van der Waals surface area contributed by atoms with Gasteiger partial charge >= 0.3 is 0 Å². The average molecular weight is 293 g/mol. The number of ether oxygens (including phenoxy) is 2. The summed E-state index contributed by atoms with van der Waals surface area (Å²) >= 11 is 0. The first-order valence-electron chi connectivity index (χ1n) is 7.16. The van der Waals surface area contributed by atoms with Gasteiger partial charge in [-0.05, 0) is 32.0 Å². The summed E-state index contributed by atoms with van der Waals surface area (Å²) in [7, 11) is 3.62. The van der Waals surface area contributed by atoms with Crippen molar-refractivity contribution in [2.75, 3.05) is 40.5 Å². The molecule has 0 aromatic heterocycles. The van der Waals surface area contributed by atoms with Crippen LogP contribution in [0.15, 0.2) is 18.2 Å². The Kier molecular flexibility index (Phi) is 6.36. The van der Waals surface area contributed by atoms with Gasteiger partial charge in [0.2, 0.25) is 0 Å². The van der Waals surface area contributed by atoms with Crippen LogP contribution in [-0.2, 0) is 4.43 Å². The van der Waals surface area contributed by atoms with E-state index in [-0.39, 0.29) is 0 Å². The lowest BCUT2D eigenvalue weighted by Crippen LogP contribution is -2.33. The molecule has 4 nitrogen and oxygen atoms in total. The molecule has 2 rings (SSSR count). The molecular formula is C15H23NO3Si. The molecule has 0 bridgehead atoms. The van der Waals surface area contributed by atoms with Gasteiger partial charge in [0.25, 0.3) is 9.76 Å². The first-order valence-corrected chi connectivity index (χ1v) is 8.07. The Morgan fingerprint density at radius 2 is 1.90 bits per heavy atom. The second kappa shape index (κ2) is 8.29. The Morgan fingerprint density at radius 1 is 1.10 bits per heavy atom. The first kappa shape index (κ1) is 15.3. The quantitative estimate of drug-likeness (QED) is 0.562. The van der Waals surface area contributed by atoms with Crippen LogP contribution in [0.3, 0.4) is 0 Å². The fraction of sp³-hybridized carbons (Fsp3) is 0.600. The molecule has 0 unspecified atom stereocenters. The van der Waals surface area contributed by atoms with Gasteiger partial charge < -0.3 is 18.8 Å². The Hall–Kier alpha value is -1.04. The summed E-state index contributed by atoms with van der Waals surface area (Å²) in [6.07, 6.45) is 4.03. The van der Waals surface area contributed by atoms with Gasteiger partial charge in [-0.15, -0.1) is 0 Å². The maximum absolute atomic E-state index is 5.81. The van der Waals surface area contributed by atoms with Crippen LogP contribution in [0.5, 0.6) is 11.5 Å². The third-order valence-electron chi connectivity index (χ3n) is 3.54. The van der Waals surface area contributed by atoms with Crippen molar-refractivity contribution in [3.63, 3.8) is 0 Å². The third kappa shape index (κ3) is 4.23. The standard InChI is InChI=1S/C15H23NO3Si/c1-17-13-7-6-8-14(15(13)18-2)20-19-12-11-16-9-4-3-5-10-16/h6-8H,3-5,9-12H2,1-2H3. The highest BCUT2D eigenvalue weighted by Crippen LogP contribution is 2.23. The fourth-order valence-electron chi connectivity index (χ4n) is 2.45. The molecule has 1 aliphatic rings. The van der Waals surface area contributed by atoms with Gasteiger partial charge in [0.05, 0.1) is 14.2 Å². The zero-order chi connectivity index (χ0) is 14.2. The molecular weight excluding hydrogens is 270 g/mol. The van der Waals surface area contributed by atoms with Gasteiger partial charge in [0, 0.05) is 18.3 Å². The Balaban J connectivity index is 1.78. The molecule has 2 radical (unpaired) electrons. The normalized spacial score (nSPS) is 16.1. The van der Waals surface area contributed by atoms with E-state index in [1.165, 1.54) is 32.4 Å². The second-order valence-electron chi connectivity index (χ2n) is 4.89. The van der Waals surface area contributed by atoms with Crippen molar-refractivity contribution in [2.45, 2.75) is 19.3 Å². The minimum absolute atomic E-state index is 0.299. The van der Waals surface area contributed by atoms with Gasteiger partial charge in [0.1, 0.15) is 0 Å². The van der Waals surface area contributed by atoms with Crippen LogP contribution in [0.1, 0.15) is 19.3 Å². The molecule has 0 atom stereocenters. The van der Waals surface area contributed by atoms with E-state index in [4.69, 9.17) is 13.9 Å². The van der Waals surface area contributed by atoms with Crippen molar-refractivity contribution in [3.05, 3.63) is 18.2 Å². The van der Waals surface area contributed by atoms with E-state index in [0.717, 1.165) is 29.8 Å². The van der Waals surface area contributed by atoms with E-state index >= 15 is 0 Å². The molecule has 0 N–H and O–H groups in total. The Labute approximate surface area is 124 Å². The minimum Gasteiger partial charge on any atom is -0.493 e. The van der Waals surface area contributed by atoms with Crippen LogP contribution >= 0.6 is 0 Å². The maximum Gasteiger partial charge on any atom is 0.272 e. The third-order valence-corrected chi connectivity index (χ3v) is 4.51. The Morgan fingerprint density at radius 3 is 2.60 bits per heavy atom. The summed E-state index contributed by atoms with van der Waals surface area (Å²) in [5.74, 6) is 1.54. The lowest BCUT2D eigenvalue weighted by molar-refractivity contribution is 0.187. The molecule has 5 heteroatoms. The van der Waals surface area contributed by atoms with Gasteiger partial charge in [-0.1, -0.05) is 18.6 Å². The number of para-hydroxylation sites is 1. The number of methoxy groups -OCH3 is 2. The van der Waals surface area contributed by atoms with Crippen LogP contribution < -0.4 is 14.7 Å². The highest BCUT2D eigenvalue weighted by atomic mass is 28.2. The van der Waals surface area contributed by atoms with E-state index in [1.54, 1.807) is 14.2 Å². The maximum atomic E-state index is 5.81.